The van der Waals surface area contributed by atoms with E-state index in [4.69, 9.17) is 19.4 Å². The molecule has 15 nitrogen and oxygen atoms in total. The Labute approximate surface area is 336 Å². The Bertz CT molecular complexity index is 2380. The van der Waals surface area contributed by atoms with Crippen LogP contribution in [-0.2, 0) is 25.5 Å². The van der Waals surface area contributed by atoms with Crippen LogP contribution in [0.2, 0.25) is 0 Å². The van der Waals surface area contributed by atoms with Crippen LogP contribution in [0, 0.1) is 11.8 Å². The molecule has 3 aromatic heterocycles. The number of nitrogens with zero attached hydrogens (tertiary/aromatic N) is 4. The number of benzene rings is 2. The average molecular weight is 790 g/mol. The second-order valence-corrected chi connectivity index (χ2v) is 16.2. The first-order chi connectivity index (χ1) is 27.9. The third-order valence-electron chi connectivity index (χ3n) is 11.9. The van der Waals surface area contributed by atoms with E-state index < -0.39 is 24.3 Å². The molecule has 0 saturated carbocycles. The van der Waals surface area contributed by atoms with E-state index in [0.717, 1.165) is 88.4 Å². The topological polar surface area (TPSA) is 190 Å². The van der Waals surface area contributed by atoms with Crippen LogP contribution in [0.15, 0.2) is 48.8 Å². The van der Waals surface area contributed by atoms with E-state index in [9.17, 15) is 19.2 Å². The van der Waals surface area contributed by atoms with Crippen LogP contribution in [0.25, 0.3) is 44.7 Å². The van der Waals surface area contributed by atoms with Gasteiger partial charge in [0.05, 0.1) is 55.8 Å². The van der Waals surface area contributed by atoms with E-state index in [1.54, 1.807) is 0 Å². The number of amides is 4. The molecular weight excluding hydrogens is 739 g/mol. The van der Waals surface area contributed by atoms with Crippen molar-refractivity contribution < 1.29 is 28.7 Å². The lowest BCUT2D eigenvalue weighted by Gasteiger charge is -2.30. The van der Waals surface area contributed by atoms with Gasteiger partial charge in [-0.25, -0.2) is 19.6 Å². The van der Waals surface area contributed by atoms with Crippen LogP contribution in [0.5, 0.6) is 0 Å². The predicted octanol–water partition coefficient (Wildman–Crippen LogP) is 6.61. The molecule has 5 heterocycles. The van der Waals surface area contributed by atoms with Gasteiger partial charge in [0.1, 0.15) is 23.7 Å². The van der Waals surface area contributed by atoms with Gasteiger partial charge in [0.15, 0.2) is 0 Å². The zero-order chi connectivity index (χ0) is 40.8. The molecule has 4 amide bonds. The highest BCUT2D eigenvalue weighted by atomic mass is 16.5. The van der Waals surface area contributed by atoms with Gasteiger partial charge < -0.3 is 44.9 Å². The lowest BCUT2D eigenvalue weighted by Crippen LogP contribution is -2.51. The van der Waals surface area contributed by atoms with Crippen molar-refractivity contribution in [2.24, 2.45) is 11.8 Å². The number of ether oxygens (including phenoxy) is 2. The lowest BCUT2D eigenvalue weighted by atomic mass is 10.0. The summed E-state index contributed by atoms with van der Waals surface area (Å²) in [5.74, 6) is 0.962. The van der Waals surface area contributed by atoms with Gasteiger partial charge in [-0.1, -0.05) is 45.9 Å². The van der Waals surface area contributed by atoms with Gasteiger partial charge in [0.2, 0.25) is 11.8 Å². The summed E-state index contributed by atoms with van der Waals surface area (Å²) >= 11 is 0. The van der Waals surface area contributed by atoms with Crippen molar-refractivity contribution in [1.29, 1.82) is 0 Å². The average Bonchev–Trinajstić information content (AvgIpc) is 4.07. The fourth-order valence-corrected chi connectivity index (χ4v) is 8.86. The summed E-state index contributed by atoms with van der Waals surface area (Å²) in [5.41, 5.74) is 9.55. The van der Waals surface area contributed by atoms with Crippen LogP contribution < -0.4 is 10.6 Å². The third-order valence-corrected chi connectivity index (χ3v) is 11.9. The smallest absolute Gasteiger partial charge is 0.407 e. The maximum absolute atomic E-state index is 13.7. The number of rotatable bonds is 10. The second-order valence-electron chi connectivity index (χ2n) is 16.2. The molecule has 5 N–H and O–H groups in total. The Kier molecular flexibility index (Phi) is 10.5. The Morgan fingerprint density at radius 2 is 1.24 bits per heavy atom. The molecule has 8 rings (SSSR count). The maximum Gasteiger partial charge on any atom is 0.407 e. The minimum Gasteiger partial charge on any atom is -0.453 e. The molecule has 304 valence electrons. The molecule has 58 heavy (non-hydrogen) atoms. The van der Waals surface area contributed by atoms with Gasteiger partial charge in [-0.15, -0.1) is 0 Å². The normalized spacial score (nSPS) is 18.4. The first-order valence-corrected chi connectivity index (χ1v) is 20.1. The number of hydrogen-bond acceptors (Lipinski definition) is 8. The highest BCUT2D eigenvalue weighted by molar-refractivity contribution is 5.97. The maximum atomic E-state index is 13.7. The molecule has 0 bridgehead atoms. The molecule has 1 aliphatic carbocycles. The van der Waals surface area contributed by atoms with Crippen LogP contribution in [0.3, 0.4) is 0 Å². The van der Waals surface area contributed by atoms with Crippen molar-refractivity contribution >= 4 is 34.9 Å². The molecule has 2 unspecified atom stereocenters. The Balaban J connectivity index is 0.989. The minimum absolute atomic E-state index is 0.109. The molecule has 2 saturated heterocycles. The molecule has 0 radical (unpaired) electrons. The van der Waals surface area contributed by atoms with Crippen molar-refractivity contribution in [3.8, 4) is 33.8 Å². The summed E-state index contributed by atoms with van der Waals surface area (Å²) in [6.45, 7) is 8.81. The highest BCUT2D eigenvalue weighted by Crippen LogP contribution is 2.43. The number of nitrogens with one attached hydrogen (secondary N) is 5. The van der Waals surface area contributed by atoms with Gasteiger partial charge in [-0.2, -0.15) is 0 Å². The Morgan fingerprint density at radius 3 is 1.76 bits per heavy atom. The number of imidazole rings is 2. The molecular formula is C43H51N9O6. The van der Waals surface area contributed by atoms with E-state index in [2.05, 4.69) is 62.0 Å². The summed E-state index contributed by atoms with van der Waals surface area (Å²) in [6.07, 6.45) is 6.44. The minimum atomic E-state index is -0.695. The number of likely N-dealkylation sites (tertiary alicyclic amines) is 2. The number of fused-ring (bicyclic) bond motifs is 5. The number of hydrogen-bond donors (Lipinski definition) is 5. The number of aromatic amines is 3. The van der Waals surface area contributed by atoms with Crippen LogP contribution in [0.4, 0.5) is 9.59 Å². The second kappa shape index (κ2) is 15.7. The standard InChI is InChI=1S/C43H51N9O6/c1-22(2)35(49-42(55)57-5)40(53)51-15-7-9-33(51)38-44-20-31(47-38)24-11-13-27-26(17-24)19-29-28-18-25(12-14-30(28)46-37(27)29)32-21-45-39(48-32)34-10-8-16-52(34)41(54)36(23(3)4)50-43(56)58-6/h11-14,17-18,20-23,33-36,46H,7-10,15-16,19H2,1-6H3,(H,44,47)(H,45,48)(H,49,55)(H,50,56)/t33-,34-,35?,36?/m0/s1. The van der Waals surface area contributed by atoms with E-state index in [1.165, 1.54) is 25.3 Å². The number of methoxy groups -OCH3 is 2. The number of carbonyl (C=O) groups is 4. The Morgan fingerprint density at radius 1 is 0.724 bits per heavy atom. The first-order valence-electron chi connectivity index (χ1n) is 20.1. The molecule has 2 aromatic carbocycles. The fraction of sp³-hybridized carbons (Fsp3) is 0.442. The molecule has 3 aliphatic rings. The number of H-pyrrole nitrogens is 3. The molecule has 4 atom stereocenters. The number of carbonyl (C=O) groups excluding carboxylic acids is 4. The molecule has 2 fully saturated rings. The number of aromatic nitrogens is 5. The van der Waals surface area contributed by atoms with Gasteiger partial charge >= 0.3 is 12.2 Å². The first kappa shape index (κ1) is 38.7. The van der Waals surface area contributed by atoms with E-state index in [-0.39, 0.29) is 35.7 Å². The van der Waals surface area contributed by atoms with Crippen molar-refractivity contribution in [2.45, 2.75) is 84.0 Å². The van der Waals surface area contributed by atoms with Crippen molar-refractivity contribution in [3.63, 3.8) is 0 Å². The number of alkyl carbamates (subject to hydrolysis) is 2. The predicted molar refractivity (Wildman–Crippen MR) is 217 cm³/mol. The van der Waals surface area contributed by atoms with Gasteiger partial charge in [-0.3, -0.25) is 9.59 Å². The largest absolute Gasteiger partial charge is 0.453 e. The van der Waals surface area contributed by atoms with Crippen molar-refractivity contribution in [2.75, 3.05) is 27.3 Å². The molecule has 0 spiro atoms. The van der Waals surface area contributed by atoms with Crippen LogP contribution >= 0.6 is 0 Å². The molecule has 5 aromatic rings. The summed E-state index contributed by atoms with van der Waals surface area (Å²) in [6, 6.07) is 11.0. The SMILES string of the molecule is COC(=O)NC(C(=O)N1CCC[C@H]1c1ncc(-c2ccc3c(c2)Cc2c-3[nH]c3ccc(-c4cnc([C@@H]5CCCN5C(=O)C(NC(=O)OC)C(C)C)[nH]4)cc23)[nH]1)C(C)C. The highest BCUT2D eigenvalue weighted by Gasteiger charge is 2.39. The van der Waals surface area contributed by atoms with Gasteiger partial charge in [0.25, 0.3) is 0 Å². The van der Waals surface area contributed by atoms with Gasteiger partial charge in [0, 0.05) is 41.5 Å². The van der Waals surface area contributed by atoms with E-state index in [1.807, 2.05) is 49.9 Å². The van der Waals surface area contributed by atoms with E-state index in [0.29, 0.717) is 13.1 Å². The van der Waals surface area contributed by atoms with Crippen molar-refractivity contribution in [1.82, 2.24) is 45.4 Å². The van der Waals surface area contributed by atoms with Crippen molar-refractivity contribution in [3.05, 3.63) is 71.6 Å². The molecule has 15 heteroatoms. The molecule has 2 aliphatic heterocycles. The lowest BCUT2D eigenvalue weighted by molar-refractivity contribution is -0.136. The zero-order valence-electron chi connectivity index (χ0n) is 33.8. The summed E-state index contributed by atoms with van der Waals surface area (Å²) in [4.78, 5) is 75.2. The van der Waals surface area contributed by atoms with Gasteiger partial charge in [-0.05, 0) is 72.4 Å². The summed E-state index contributed by atoms with van der Waals surface area (Å²) in [5, 5.41) is 6.56. The summed E-state index contributed by atoms with van der Waals surface area (Å²) in [7, 11) is 2.59. The third kappa shape index (κ3) is 7.06. The monoisotopic (exact) mass is 789 g/mol. The fourth-order valence-electron chi connectivity index (χ4n) is 8.86. The Hall–Kier alpha value is -6.12. The van der Waals surface area contributed by atoms with E-state index >= 15 is 0 Å². The quantitative estimate of drug-likeness (QED) is 0.102. The zero-order valence-corrected chi connectivity index (χ0v) is 33.8. The van der Waals surface area contributed by atoms with Crippen LogP contribution in [-0.4, -0.2) is 98.1 Å². The van der Waals surface area contributed by atoms with Crippen LogP contribution in [0.1, 0.15) is 88.2 Å². The summed E-state index contributed by atoms with van der Waals surface area (Å²) < 4.78 is 9.56.